The number of fused-ring (bicyclic) bond motifs is 1. The Morgan fingerprint density at radius 1 is 0.857 bits per heavy atom. The van der Waals surface area contributed by atoms with Gasteiger partial charge >= 0.3 is 0 Å². The van der Waals surface area contributed by atoms with Crippen LogP contribution < -0.4 is 4.90 Å². The molecule has 0 saturated carbocycles. The first-order valence-electron chi connectivity index (χ1n) is 9.92. The highest BCUT2D eigenvalue weighted by molar-refractivity contribution is 5.78. The fraction of sp³-hybridized carbons (Fsp3) is 0.261. The predicted octanol–water partition coefficient (Wildman–Crippen LogP) is 4.76. The molecule has 3 aromatic heterocycles. The van der Waals surface area contributed by atoms with Gasteiger partial charge in [0.2, 0.25) is 0 Å². The molecule has 1 aliphatic rings. The van der Waals surface area contributed by atoms with E-state index in [1.807, 2.05) is 35.1 Å². The summed E-state index contributed by atoms with van der Waals surface area (Å²) in [4.78, 5) is 12.0. The Bertz CT molecular complexity index is 1090. The molecule has 140 valence electrons. The third-order valence-electron chi connectivity index (χ3n) is 5.46. The van der Waals surface area contributed by atoms with Crippen molar-refractivity contribution >= 4 is 11.5 Å². The van der Waals surface area contributed by atoms with Crippen molar-refractivity contribution in [3.05, 3.63) is 66.6 Å². The van der Waals surface area contributed by atoms with E-state index in [-0.39, 0.29) is 0 Å². The van der Waals surface area contributed by atoms with Gasteiger partial charge in [-0.15, -0.1) is 0 Å². The van der Waals surface area contributed by atoms with Gasteiger partial charge < -0.3 is 4.90 Å². The molecule has 0 aliphatic carbocycles. The first-order valence-corrected chi connectivity index (χ1v) is 9.92. The highest BCUT2D eigenvalue weighted by atomic mass is 15.3. The Morgan fingerprint density at radius 3 is 2.43 bits per heavy atom. The molecular weight excluding hydrogens is 346 g/mol. The van der Waals surface area contributed by atoms with Crippen LogP contribution in [-0.4, -0.2) is 32.7 Å². The average molecular weight is 369 g/mol. The number of aryl methyl sites for hydroxylation is 1. The summed E-state index contributed by atoms with van der Waals surface area (Å²) < 4.78 is 1.92. The summed E-state index contributed by atoms with van der Waals surface area (Å²) in [6.07, 6.45) is 7.61. The molecule has 0 bridgehead atoms. The molecule has 0 atom stereocenters. The smallest absolute Gasteiger partial charge is 0.165 e. The number of benzene rings is 1. The summed E-state index contributed by atoms with van der Waals surface area (Å²) in [5.41, 5.74) is 6.15. The fourth-order valence-corrected chi connectivity index (χ4v) is 3.92. The molecule has 4 heterocycles. The van der Waals surface area contributed by atoms with Crippen molar-refractivity contribution in [2.75, 3.05) is 18.0 Å². The number of hydrogen-bond acceptors (Lipinski definition) is 4. The van der Waals surface area contributed by atoms with Gasteiger partial charge in [-0.25, -0.2) is 9.50 Å². The van der Waals surface area contributed by atoms with Crippen LogP contribution in [-0.2, 0) is 0 Å². The van der Waals surface area contributed by atoms with Crippen molar-refractivity contribution in [1.29, 1.82) is 0 Å². The van der Waals surface area contributed by atoms with Gasteiger partial charge in [0.1, 0.15) is 5.82 Å². The first kappa shape index (κ1) is 16.9. The van der Waals surface area contributed by atoms with Crippen LogP contribution in [0.1, 0.15) is 25.0 Å². The lowest BCUT2D eigenvalue weighted by Gasteiger charge is -2.28. The summed E-state index contributed by atoms with van der Waals surface area (Å²) >= 11 is 0. The zero-order valence-electron chi connectivity index (χ0n) is 16.0. The van der Waals surface area contributed by atoms with Gasteiger partial charge in [0.05, 0.1) is 11.9 Å². The number of hydrogen-bond donors (Lipinski definition) is 0. The van der Waals surface area contributed by atoms with Crippen molar-refractivity contribution < 1.29 is 0 Å². The maximum absolute atomic E-state index is 4.98. The van der Waals surface area contributed by atoms with E-state index in [0.717, 1.165) is 52.6 Å². The van der Waals surface area contributed by atoms with Crippen LogP contribution in [0.2, 0.25) is 0 Å². The van der Waals surface area contributed by atoms with E-state index in [1.165, 1.54) is 19.3 Å². The Labute approximate surface area is 164 Å². The largest absolute Gasteiger partial charge is 0.356 e. The van der Waals surface area contributed by atoms with Gasteiger partial charge in [0.15, 0.2) is 5.65 Å². The molecule has 5 heteroatoms. The highest BCUT2D eigenvalue weighted by Crippen LogP contribution is 2.28. The number of pyridine rings is 1. The second-order valence-electron chi connectivity index (χ2n) is 7.40. The maximum Gasteiger partial charge on any atom is 0.165 e. The third kappa shape index (κ3) is 3.03. The normalized spacial score (nSPS) is 14.5. The van der Waals surface area contributed by atoms with Gasteiger partial charge in [0.25, 0.3) is 0 Å². The second-order valence-corrected chi connectivity index (χ2v) is 7.40. The minimum Gasteiger partial charge on any atom is -0.356 e. The zero-order valence-corrected chi connectivity index (χ0v) is 16.0. The van der Waals surface area contributed by atoms with E-state index in [9.17, 15) is 0 Å². The lowest BCUT2D eigenvalue weighted by molar-refractivity contribution is 0.573. The number of nitrogens with zero attached hydrogens (tertiary/aromatic N) is 5. The summed E-state index contributed by atoms with van der Waals surface area (Å²) in [6, 6.07) is 16.6. The Balaban J connectivity index is 1.54. The van der Waals surface area contributed by atoms with E-state index >= 15 is 0 Å². The fourth-order valence-electron chi connectivity index (χ4n) is 3.92. The molecule has 5 nitrogen and oxygen atoms in total. The third-order valence-corrected chi connectivity index (χ3v) is 5.46. The van der Waals surface area contributed by atoms with Gasteiger partial charge in [-0.05, 0) is 32.3 Å². The topological polar surface area (TPSA) is 46.3 Å². The number of rotatable bonds is 3. The van der Waals surface area contributed by atoms with Crippen molar-refractivity contribution in [3.63, 3.8) is 0 Å². The van der Waals surface area contributed by atoms with Gasteiger partial charge in [0, 0.05) is 47.7 Å². The molecule has 5 rings (SSSR count). The molecule has 1 aliphatic heterocycles. The lowest BCUT2D eigenvalue weighted by Crippen LogP contribution is -2.30. The molecule has 4 aromatic rings. The minimum atomic E-state index is 0.898. The summed E-state index contributed by atoms with van der Waals surface area (Å²) in [7, 11) is 0. The molecule has 1 aromatic carbocycles. The standard InChI is InChI=1S/C23H23N5/c1-17-14-22(27-12-6-3-7-13-27)26-23-20(16-25-28(17)23)19-10-11-21(24-15-19)18-8-4-2-5-9-18/h2,4-5,8-11,14-16H,3,6-7,12-13H2,1H3. The highest BCUT2D eigenvalue weighted by Gasteiger charge is 2.17. The van der Waals surface area contributed by atoms with Gasteiger partial charge in [-0.1, -0.05) is 36.4 Å². The Hall–Kier alpha value is -3.21. The monoisotopic (exact) mass is 369 g/mol. The average Bonchev–Trinajstić information content (AvgIpc) is 3.20. The number of anilines is 1. The van der Waals surface area contributed by atoms with Crippen molar-refractivity contribution in [1.82, 2.24) is 19.6 Å². The minimum absolute atomic E-state index is 0.898. The van der Waals surface area contributed by atoms with Crippen LogP contribution >= 0.6 is 0 Å². The quantitative estimate of drug-likeness (QED) is 0.522. The second kappa shape index (κ2) is 7.08. The summed E-state index contributed by atoms with van der Waals surface area (Å²) in [6.45, 7) is 4.26. The van der Waals surface area contributed by atoms with E-state index in [4.69, 9.17) is 4.98 Å². The molecule has 28 heavy (non-hydrogen) atoms. The summed E-state index contributed by atoms with van der Waals surface area (Å²) in [5.74, 6) is 1.06. The molecule has 0 amide bonds. The van der Waals surface area contributed by atoms with Crippen LogP contribution in [0, 0.1) is 6.92 Å². The van der Waals surface area contributed by atoms with Crippen LogP contribution in [0.4, 0.5) is 5.82 Å². The molecule has 0 radical (unpaired) electrons. The number of aromatic nitrogens is 4. The molecule has 1 saturated heterocycles. The molecular formula is C23H23N5. The van der Waals surface area contributed by atoms with Gasteiger partial charge in [-0.2, -0.15) is 5.10 Å². The van der Waals surface area contributed by atoms with Crippen LogP contribution in [0.25, 0.3) is 28.0 Å². The molecule has 0 spiro atoms. The Kier molecular flexibility index (Phi) is 4.28. The van der Waals surface area contributed by atoms with Gasteiger partial charge in [-0.3, -0.25) is 4.98 Å². The number of piperidine rings is 1. The van der Waals surface area contributed by atoms with E-state index < -0.39 is 0 Å². The van der Waals surface area contributed by atoms with E-state index in [2.05, 4.69) is 52.2 Å². The van der Waals surface area contributed by atoms with E-state index in [1.54, 1.807) is 0 Å². The van der Waals surface area contributed by atoms with Crippen molar-refractivity contribution in [3.8, 4) is 22.4 Å². The first-order chi connectivity index (χ1) is 13.8. The maximum atomic E-state index is 4.98. The van der Waals surface area contributed by atoms with Crippen LogP contribution in [0.5, 0.6) is 0 Å². The lowest BCUT2D eigenvalue weighted by atomic mass is 10.1. The van der Waals surface area contributed by atoms with Crippen LogP contribution in [0.3, 0.4) is 0 Å². The molecule has 0 unspecified atom stereocenters. The molecule has 0 N–H and O–H groups in total. The van der Waals surface area contributed by atoms with Crippen LogP contribution in [0.15, 0.2) is 60.9 Å². The predicted molar refractivity (Wildman–Crippen MR) is 112 cm³/mol. The van der Waals surface area contributed by atoms with Crippen molar-refractivity contribution in [2.24, 2.45) is 0 Å². The van der Waals surface area contributed by atoms with E-state index in [0.29, 0.717) is 0 Å². The SMILES string of the molecule is Cc1cc(N2CCCCC2)nc2c(-c3ccc(-c4ccccc4)nc3)cnn12. The summed E-state index contributed by atoms with van der Waals surface area (Å²) in [5, 5.41) is 4.57. The molecule has 1 fully saturated rings. The Morgan fingerprint density at radius 2 is 1.68 bits per heavy atom. The van der Waals surface area contributed by atoms with Crippen molar-refractivity contribution in [2.45, 2.75) is 26.2 Å². The zero-order chi connectivity index (χ0) is 18.9.